The first-order chi connectivity index (χ1) is 41.0. The van der Waals surface area contributed by atoms with Gasteiger partial charge >= 0.3 is 17.9 Å². The maximum Gasteiger partial charge on any atom is 0.306 e. The van der Waals surface area contributed by atoms with Crippen LogP contribution in [0.25, 0.3) is 0 Å². The summed E-state index contributed by atoms with van der Waals surface area (Å²) in [5.41, 5.74) is 0. The van der Waals surface area contributed by atoms with E-state index in [-0.39, 0.29) is 31.1 Å². The van der Waals surface area contributed by atoms with Gasteiger partial charge in [0.1, 0.15) is 13.2 Å². The highest BCUT2D eigenvalue weighted by Crippen LogP contribution is 2.16. The maximum absolute atomic E-state index is 12.9. The van der Waals surface area contributed by atoms with Gasteiger partial charge in [0.25, 0.3) is 0 Å². The number of carbonyl (C=O) groups is 3. The molecule has 0 spiro atoms. The Labute approximate surface area is 513 Å². The number of carbonyl (C=O) groups excluding carboxylic acids is 3. The molecule has 0 heterocycles. The highest BCUT2D eigenvalue weighted by Gasteiger charge is 2.19. The van der Waals surface area contributed by atoms with Gasteiger partial charge in [-0.15, -0.1) is 0 Å². The van der Waals surface area contributed by atoms with Gasteiger partial charge in [-0.3, -0.25) is 14.4 Å². The number of unbranched alkanes of at least 4 members (excludes halogenated alkanes) is 29. The second-order valence-electron chi connectivity index (χ2n) is 22.7. The third-order valence-corrected chi connectivity index (χ3v) is 14.6. The fraction of sp³-hybridized carbons (Fsp3) is 0.675. The van der Waals surface area contributed by atoms with Crippen LogP contribution in [0, 0.1) is 0 Å². The molecule has 0 aliphatic carbocycles. The first-order valence-electron chi connectivity index (χ1n) is 34.7. The molecule has 0 aromatic rings. The SMILES string of the molecule is CC/C=C\C/C=C\C/C=C\C/C=C\C/C=C\C/C=C\C/C=C\CCCCCCCCCCCCCC(=O)OCC(COC(=O)CCCCCCC/C=C\CCCCCCCC)OC(=O)CCCCCCCCC/C=C\C/C=C\C/C=C\CC. The molecule has 0 rings (SSSR count). The molecule has 0 N–H and O–H groups in total. The first kappa shape index (κ1) is 78.5. The van der Waals surface area contributed by atoms with Crippen LogP contribution in [0.3, 0.4) is 0 Å². The topological polar surface area (TPSA) is 78.9 Å². The minimum atomic E-state index is -0.793. The van der Waals surface area contributed by atoms with Crippen molar-refractivity contribution in [3.63, 3.8) is 0 Å². The largest absolute Gasteiger partial charge is 0.462 e. The summed E-state index contributed by atoms with van der Waals surface area (Å²) in [4.78, 5) is 38.4. The molecule has 0 radical (unpaired) electrons. The maximum atomic E-state index is 12.9. The molecule has 6 nitrogen and oxygen atoms in total. The van der Waals surface area contributed by atoms with Crippen LogP contribution in [-0.4, -0.2) is 37.2 Å². The monoisotopic (exact) mass is 1150 g/mol. The summed E-state index contributed by atoms with van der Waals surface area (Å²) in [5, 5.41) is 0. The lowest BCUT2D eigenvalue weighted by atomic mass is 10.0. The number of esters is 3. The Morgan fingerprint density at radius 2 is 0.470 bits per heavy atom. The highest BCUT2D eigenvalue weighted by atomic mass is 16.6. The molecular formula is C77H128O6. The Morgan fingerprint density at radius 1 is 0.253 bits per heavy atom. The summed E-state index contributed by atoms with van der Waals surface area (Å²) >= 11 is 0. The summed E-state index contributed by atoms with van der Waals surface area (Å²) in [7, 11) is 0. The van der Waals surface area contributed by atoms with Crippen molar-refractivity contribution in [1.29, 1.82) is 0 Å². The lowest BCUT2D eigenvalue weighted by Gasteiger charge is -2.18. The van der Waals surface area contributed by atoms with Crippen molar-refractivity contribution < 1.29 is 28.6 Å². The van der Waals surface area contributed by atoms with Gasteiger partial charge in [0.2, 0.25) is 0 Å². The molecule has 472 valence electrons. The van der Waals surface area contributed by atoms with E-state index in [0.717, 1.165) is 135 Å². The Morgan fingerprint density at radius 3 is 0.747 bits per heavy atom. The quantitative estimate of drug-likeness (QED) is 0.0261. The van der Waals surface area contributed by atoms with Gasteiger partial charge in [-0.1, -0.05) is 296 Å². The molecule has 0 fully saturated rings. The van der Waals surface area contributed by atoms with Crippen LogP contribution in [0.5, 0.6) is 0 Å². The summed E-state index contributed by atoms with van der Waals surface area (Å²) in [6.45, 7) is 6.41. The number of allylic oxidation sites excluding steroid dienone is 22. The van der Waals surface area contributed by atoms with E-state index in [1.54, 1.807) is 0 Å². The molecule has 0 bridgehead atoms. The molecule has 1 unspecified atom stereocenters. The van der Waals surface area contributed by atoms with Crippen molar-refractivity contribution in [2.45, 2.75) is 322 Å². The summed E-state index contributed by atoms with van der Waals surface area (Å²) < 4.78 is 16.9. The fourth-order valence-electron chi connectivity index (χ4n) is 9.49. The molecule has 6 heteroatoms. The normalized spacial score (nSPS) is 13.0. The number of hydrogen-bond acceptors (Lipinski definition) is 6. The Hall–Kier alpha value is -4.45. The molecule has 0 aromatic heterocycles. The van der Waals surface area contributed by atoms with Crippen LogP contribution in [0.1, 0.15) is 316 Å². The van der Waals surface area contributed by atoms with Crippen molar-refractivity contribution in [2.75, 3.05) is 13.2 Å². The Balaban J connectivity index is 4.29. The van der Waals surface area contributed by atoms with E-state index in [2.05, 4.69) is 154 Å². The van der Waals surface area contributed by atoms with Crippen molar-refractivity contribution >= 4 is 17.9 Å². The van der Waals surface area contributed by atoms with E-state index >= 15 is 0 Å². The van der Waals surface area contributed by atoms with Gasteiger partial charge < -0.3 is 14.2 Å². The zero-order valence-electron chi connectivity index (χ0n) is 54.2. The highest BCUT2D eigenvalue weighted by molar-refractivity contribution is 5.71. The lowest BCUT2D eigenvalue weighted by molar-refractivity contribution is -0.167. The molecule has 83 heavy (non-hydrogen) atoms. The number of hydrogen-bond donors (Lipinski definition) is 0. The van der Waals surface area contributed by atoms with Gasteiger partial charge in [-0.25, -0.2) is 0 Å². The summed E-state index contributed by atoms with van der Waals surface area (Å²) in [6.07, 6.45) is 99.0. The number of ether oxygens (including phenoxy) is 3. The zero-order valence-corrected chi connectivity index (χ0v) is 54.2. The number of rotatable bonds is 62. The van der Waals surface area contributed by atoms with Crippen LogP contribution in [0.15, 0.2) is 134 Å². The molecule has 1 atom stereocenters. The molecule has 0 amide bonds. The van der Waals surface area contributed by atoms with Gasteiger partial charge in [-0.05, 0) is 135 Å². The van der Waals surface area contributed by atoms with E-state index < -0.39 is 6.10 Å². The average molecular weight is 1150 g/mol. The minimum absolute atomic E-state index is 0.0877. The smallest absolute Gasteiger partial charge is 0.306 e. The standard InChI is InChI=1S/C77H128O6/c1-4-7-10-13-16-19-22-25-28-30-31-32-33-34-35-36-37-38-39-40-41-42-43-44-45-47-49-52-55-58-61-64-67-70-76(79)82-73-74(72-81-75(78)69-66-63-60-57-54-51-48-27-24-21-18-15-12-9-6-3)83-77(80)71-68-65-62-59-56-53-50-46-29-26-23-20-17-14-11-8-5-2/h7-8,10-11,16-17,19-20,25-29,31-32,34-35,37-38,40-41,48,74H,4-6,9,12-15,18,21-24,30,33,36,39,42-47,49-73H2,1-3H3/b10-7-,11-8-,19-16-,20-17-,28-25-,29-26-,32-31-,35-34-,38-37-,41-40-,48-27-. The van der Waals surface area contributed by atoms with Crippen LogP contribution in [0.4, 0.5) is 0 Å². The van der Waals surface area contributed by atoms with Crippen LogP contribution in [-0.2, 0) is 28.6 Å². The second-order valence-corrected chi connectivity index (χ2v) is 22.7. The van der Waals surface area contributed by atoms with Crippen molar-refractivity contribution in [3.8, 4) is 0 Å². The van der Waals surface area contributed by atoms with E-state index in [1.165, 1.54) is 141 Å². The molecule has 0 aromatic carbocycles. The van der Waals surface area contributed by atoms with E-state index in [1.807, 2.05) is 0 Å². The molecule has 0 aliphatic heterocycles. The zero-order chi connectivity index (χ0) is 59.9. The van der Waals surface area contributed by atoms with Crippen LogP contribution in [0.2, 0.25) is 0 Å². The molecular weight excluding hydrogens is 1020 g/mol. The van der Waals surface area contributed by atoms with E-state index in [9.17, 15) is 14.4 Å². The predicted molar refractivity (Wildman–Crippen MR) is 362 cm³/mol. The van der Waals surface area contributed by atoms with Crippen LogP contribution < -0.4 is 0 Å². The third-order valence-electron chi connectivity index (χ3n) is 14.6. The predicted octanol–water partition coefficient (Wildman–Crippen LogP) is 24.1. The van der Waals surface area contributed by atoms with Crippen molar-refractivity contribution in [3.05, 3.63) is 134 Å². The fourth-order valence-corrected chi connectivity index (χ4v) is 9.49. The minimum Gasteiger partial charge on any atom is -0.462 e. The van der Waals surface area contributed by atoms with Crippen molar-refractivity contribution in [2.24, 2.45) is 0 Å². The Kier molecular flexibility index (Phi) is 66.3. The Bertz CT molecular complexity index is 1750. The lowest BCUT2D eigenvalue weighted by Crippen LogP contribution is -2.30. The second kappa shape index (κ2) is 70.0. The van der Waals surface area contributed by atoms with Gasteiger partial charge in [0.05, 0.1) is 0 Å². The summed E-state index contributed by atoms with van der Waals surface area (Å²) in [6, 6.07) is 0. The van der Waals surface area contributed by atoms with Gasteiger partial charge in [0.15, 0.2) is 6.10 Å². The molecule has 0 saturated heterocycles. The molecule has 0 saturated carbocycles. The van der Waals surface area contributed by atoms with Gasteiger partial charge in [-0.2, -0.15) is 0 Å². The van der Waals surface area contributed by atoms with E-state index in [4.69, 9.17) is 14.2 Å². The van der Waals surface area contributed by atoms with Gasteiger partial charge in [0, 0.05) is 19.3 Å². The van der Waals surface area contributed by atoms with E-state index in [0.29, 0.717) is 19.3 Å². The molecule has 0 aliphatic rings. The average Bonchev–Trinajstić information content (AvgIpc) is 3.49. The third kappa shape index (κ3) is 68.2. The first-order valence-corrected chi connectivity index (χ1v) is 34.7. The van der Waals surface area contributed by atoms with Crippen molar-refractivity contribution in [1.82, 2.24) is 0 Å². The summed E-state index contributed by atoms with van der Waals surface area (Å²) in [5.74, 6) is -0.901. The van der Waals surface area contributed by atoms with Crippen LogP contribution >= 0.6 is 0 Å².